The van der Waals surface area contributed by atoms with E-state index in [2.05, 4.69) is 15.0 Å². The number of hydrogen-bond donors (Lipinski definition) is 3. The lowest BCUT2D eigenvalue weighted by atomic mass is 10.1. The van der Waals surface area contributed by atoms with E-state index in [0.717, 1.165) is 12.3 Å². The number of carbonyl (C=O) groups is 1. The largest absolute Gasteiger partial charge is 0.351 e. The lowest BCUT2D eigenvalue weighted by Gasteiger charge is -2.20. The Labute approximate surface area is 117 Å². The molecule has 1 heterocycles. The van der Waals surface area contributed by atoms with Crippen LogP contribution in [0.5, 0.6) is 0 Å². The minimum absolute atomic E-state index is 0.0105. The standard InChI is InChI=1S/C12H19N3O4S/c1-12(2,3)15-11(17)6-7-14-20(18,19)9-4-5-10(16)13-8-9/h4-5,8,14H,6-7H2,1-3H3,(H,13,16)(H,15,17). The number of hydrogen-bond acceptors (Lipinski definition) is 4. The topological polar surface area (TPSA) is 108 Å². The summed E-state index contributed by atoms with van der Waals surface area (Å²) in [5.41, 5.74) is -0.733. The van der Waals surface area contributed by atoms with Crippen LogP contribution in [0, 0.1) is 0 Å². The Hall–Kier alpha value is -1.67. The molecule has 0 saturated carbocycles. The average molecular weight is 301 g/mol. The van der Waals surface area contributed by atoms with Gasteiger partial charge in [-0.15, -0.1) is 0 Å². The SMILES string of the molecule is CC(C)(C)NC(=O)CCNS(=O)(=O)c1ccc(=O)[nH]c1. The van der Waals surface area contributed by atoms with Gasteiger partial charge in [0.2, 0.25) is 21.5 Å². The summed E-state index contributed by atoms with van der Waals surface area (Å²) >= 11 is 0. The Morgan fingerprint density at radius 1 is 1.30 bits per heavy atom. The first kappa shape index (κ1) is 16.4. The molecule has 0 saturated heterocycles. The number of H-pyrrole nitrogens is 1. The second kappa shape index (κ2) is 6.19. The maximum atomic E-state index is 11.8. The van der Waals surface area contributed by atoms with Crippen molar-refractivity contribution in [2.75, 3.05) is 6.54 Å². The van der Waals surface area contributed by atoms with Crippen molar-refractivity contribution in [1.82, 2.24) is 15.0 Å². The van der Waals surface area contributed by atoms with Gasteiger partial charge in [0.1, 0.15) is 0 Å². The molecule has 0 aliphatic carbocycles. The van der Waals surface area contributed by atoms with E-state index in [1.165, 1.54) is 6.07 Å². The van der Waals surface area contributed by atoms with Crippen molar-refractivity contribution in [3.05, 3.63) is 28.7 Å². The molecule has 0 bridgehead atoms. The molecular weight excluding hydrogens is 282 g/mol. The summed E-state index contributed by atoms with van der Waals surface area (Å²) in [6.07, 6.45) is 1.15. The number of sulfonamides is 1. The van der Waals surface area contributed by atoms with Crippen molar-refractivity contribution in [2.45, 2.75) is 37.6 Å². The number of aromatic nitrogens is 1. The molecule has 0 radical (unpaired) electrons. The van der Waals surface area contributed by atoms with Crippen molar-refractivity contribution < 1.29 is 13.2 Å². The molecule has 3 N–H and O–H groups in total. The highest BCUT2D eigenvalue weighted by molar-refractivity contribution is 7.89. The van der Waals surface area contributed by atoms with E-state index in [9.17, 15) is 18.0 Å². The zero-order chi connectivity index (χ0) is 15.4. The molecule has 1 aromatic heterocycles. The van der Waals surface area contributed by atoms with Crippen LogP contribution in [0.4, 0.5) is 0 Å². The lowest BCUT2D eigenvalue weighted by molar-refractivity contribution is -0.122. The van der Waals surface area contributed by atoms with Crippen molar-refractivity contribution in [2.24, 2.45) is 0 Å². The van der Waals surface area contributed by atoms with Crippen molar-refractivity contribution in [1.29, 1.82) is 0 Å². The zero-order valence-electron chi connectivity index (χ0n) is 11.7. The number of aromatic amines is 1. The van der Waals surface area contributed by atoms with Gasteiger partial charge in [0.25, 0.3) is 0 Å². The van der Waals surface area contributed by atoms with Crippen LogP contribution in [0.1, 0.15) is 27.2 Å². The van der Waals surface area contributed by atoms with Gasteiger partial charge in [-0.1, -0.05) is 0 Å². The Bertz CT molecular complexity index is 608. The summed E-state index contributed by atoms with van der Waals surface area (Å²) in [7, 11) is -3.72. The fraction of sp³-hybridized carbons (Fsp3) is 0.500. The van der Waals surface area contributed by atoms with Gasteiger partial charge in [-0.05, 0) is 26.8 Å². The normalized spacial score (nSPS) is 12.2. The van der Waals surface area contributed by atoms with E-state index < -0.39 is 10.0 Å². The third-order valence-corrected chi connectivity index (χ3v) is 3.68. The van der Waals surface area contributed by atoms with Crippen LogP contribution >= 0.6 is 0 Å². The molecule has 20 heavy (non-hydrogen) atoms. The van der Waals surface area contributed by atoms with Gasteiger partial charge < -0.3 is 10.3 Å². The minimum Gasteiger partial charge on any atom is -0.351 e. The van der Waals surface area contributed by atoms with Gasteiger partial charge >= 0.3 is 0 Å². The first-order valence-corrected chi connectivity index (χ1v) is 7.58. The first-order chi connectivity index (χ1) is 9.10. The molecule has 112 valence electrons. The highest BCUT2D eigenvalue weighted by atomic mass is 32.2. The molecule has 0 aliphatic heterocycles. The van der Waals surface area contributed by atoms with Crippen LogP contribution in [0.25, 0.3) is 0 Å². The van der Waals surface area contributed by atoms with Crippen molar-refractivity contribution in [3.8, 4) is 0 Å². The number of nitrogens with one attached hydrogen (secondary N) is 3. The van der Waals surface area contributed by atoms with Gasteiger partial charge in [0, 0.05) is 30.8 Å². The van der Waals surface area contributed by atoms with Crippen LogP contribution in [0.15, 0.2) is 28.0 Å². The molecule has 0 unspecified atom stereocenters. The van der Waals surface area contributed by atoms with Crippen LogP contribution in [-0.4, -0.2) is 31.4 Å². The first-order valence-electron chi connectivity index (χ1n) is 6.09. The number of rotatable bonds is 5. The lowest BCUT2D eigenvalue weighted by Crippen LogP contribution is -2.41. The summed E-state index contributed by atoms with van der Waals surface area (Å²) < 4.78 is 26.0. The molecule has 1 amide bonds. The quantitative estimate of drug-likeness (QED) is 0.709. The summed E-state index contributed by atoms with van der Waals surface area (Å²) in [6, 6.07) is 2.33. The molecule has 0 fully saturated rings. The van der Waals surface area contributed by atoms with Gasteiger partial charge in [0.15, 0.2) is 0 Å². The minimum atomic E-state index is -3.72. The molecule has 0 spiro atoms. The molecule has 1 rings (SSSR count). The summed E-state index contributed by atoms with van der Waals surface area (Å²) in [5, 5.41) is 2.73. The summed E-state index contributed by atoms with van der Waals surface area (Å²) in [5.74, 6) is -0.235. The van der Waals surface area contributed by atoms with Gasteiger partial charge in [-0.3, -0.25) is 9.59 Å². The summed E-state index contributed by atoms with van der Waals surface area (Å²) in [4.78, 5) is 24.6. The summed E-state index contributed by atoms with van der Waals surface area (Å²) in [6.45, 7) is 5.52. The van der Waals surface area contributed by atoms with Gasteiger partial charge in [0.05, 0.1) is 4.90 Å². The van der Waals surface area contributed by atoms with Crippen molar-refractivity contribution in [3.63, 3.8) is 0 Å². The predicted octanol–water partition coefficient (Wildman–Crippen LogP) is -0.0420. The Balaban J connectivity index is 2.55. The second-order valence-corrected chi connectivity index (χ2v) is 7.10. The average Bonchev–Trinajstić information content (AvgIpc) is 2.26. The molecule has 0 atom stereocenters. The van der Waals surface area contributed by atoms with Crippen LogP contribution in [0.3, 0.4) is 0 Å². The molecule has 1 aromatic rings. The van der Waals surface area contributed by atoms with Crippen LogP contribution in [0.2, 0.25) is 0 Å². The Morgan fingerprint density at radius 2 is 1.95 bits per heavy atom. The third kappa shape index (κ3) is 5.54. The number of carbonyl (C=O) groups excluding carboxylic acids is 1. The smallest absolute Gasteiger partial charge is 0.247 e. The number of amides is 1. The molecule has 8 heteroatoms. The molecule has 0 aromatic carbocycles. The van der Waals surface area contributed by atoms with Gasteiger partial charge in [-0.25, -0.2) is 13.1 Å². The van der Waals surface area contributed by atoms with E-state index >= 15 is 0 Å². The van der Waals surface area contributed by atoms with Crippen LogP contribution in [-0.2, 0) is 14.8 Å². The highest BCUT2D eigenvalue weighted by Gasteiger charge is 2.16. The molecule has 7 nitrogen and oxygen atoms in total. The monoisotopic (exact) mass is 301 g/mol. The van der Waals surface area contributed by atoms with E-state index in [0.29, 0.717) is 0 Å². The van der Waals surface area contributed by atoms with E-state index in [4.69, 9.17) is 0 Å². The van der Waals surface area contributed by atoms with E-state index in [-0.39, 0.29) is 34.9 Å². The molecular formula is C12H19N3O4S. The Morgan fingerprint density at radius 3 is 2.45 bits per heavy atom. The fourth-order valence-corrected chi connectivity index (χ4v) is 2.43. The fourth-order valence-electron chi connectivity index (χ4n) is 1.43. The zero-order valence-corrected chi connectivity index (χ0v) is 12.5. The number of pyridine rings is 1. The Kier molecular flexibility index (Phi) is 5.07. The second-order valence-electron chi connectivity index (χ2n) is 5.33. The van der Waals surface area contributed by atoms with E-state index in [1.54, 1.807) is 0 Å². The van der Waals surface area contributed by atoms with Crippen molar-refractivity contribution >= 4 is 15.9 Å². The van der Waals surface area contributed by atoms with Gasteiger partial charge in [-0.2, -0.15) is 0 Å². The van der Waals surface area contributed by atoms with Crippen LogP contribution < -0.4 is 15.6 Å². The maximum Gasteiger partial charge on any atom is 0.247 e. The highest BCUT2D eigenvalue weighted by Crippen LogP contribution is 2.04. The van der Waals surface area contributed by atoms with E-state index in [1.807, 2.05) is 20.8 Å². The third-order valence-electron chi connectivity index (χ3n) is 2.22. The molecule has 0 aliphatic rings. The predicted molar refractivity (Wildman–Crippen MR) is 74.8 cm³/mol. The maximum absolute atomic E-state index is 11.8.